The minimum Gasteiger partial charge on any atom is -0.351 e. The molecule has 0 fully saturated rings. The van der Waals surface area contributed by atoms with Crippen LogP contribution in [-0.4, -0.2) is 22.0 Å². The molecule has 3 aromatic rings. The summed E-state index contributed by atoms with van der Waals surface area (Å²) in [6, 6.07) is 11.4. The summed E-state index contributed by atoms with van der Waals surface area (Å²) >= 11 is 10.3. The quantitative estimate of drug-likeness (QED) is 0.479. The van der Waals surface area contributed by atoms with Crippen LogP contribution in [0.1, 0.15) is 18.7 Å². The number of carbonyl (C=O) groups excluding carboxylic acids is 2. The molecule has 1 unspecified atom stereocenters. The average molecular weight is 452 g/mol. The maximum atomic E-state index is 12.5. The second-order valence-corrected chi connectivity index (χ2v) is 9.79. The van der Waals surface area contributed by atoms with E-state index in [9.17, 15) is 9.59 Å². The molecule has 146 valence electrons. The van der Waals surface area contributed by atoms with E-state index in [4.69, 9.17) is 11.6 Å². The Morgan fingerprint density at radius 2 is 1.96 bits per heavy atom. The van der Waals surface area contributed by atoms with E-state index in [1.54, 1.807) is 11.3 Å². The first kappa shape index (κ1) is 20.9. The highest BCUT2D eigenvalue weighted by molar-refractivity contribution is 8.00. The molecule has 0 spiro atoms. The van der Waals surface area contributed by atoms with Crippen LogP contribution in [-0.2, 0) is 16.1 Å². The minimum absolute atomic E-state index is 0.0563. The maximum absolute atomic E-state index is 12.5. The van der Waals surface area contributed by atoms with Crippen LogP contribution >= 0.6 is 46.0 Å². The summed E-state index contributed by atoms with van der Waals surface area (Å²) in [6.45, 7) is 3.86. The van der Waals surface area contributed by atoms with Gasteiger partial charge in [0, 0.05) is 27.1 Å². The third kappa shape index (κ3) is 5.81. The fraction of sp³-hybridized carbons (Fsp3) is 0.211. The standard InChI is InChI=1S/C19H18ClN3O2S3/c1-11(27-14-5-3-13(20)4-6-14)18(25)23-19-22-16(10-26-19)17-8-7-15(28-17)9-21-12(2)24/h3-8,10-11H,9H2,1-2H3,(H,21,24)(H,22,23,25). The Balaban J connectivity index is 1.58. The van der Waals surface area contributed by atoms with Crippen LogP contribution in [0.2, 0.25) is 5.02 Å². The Hall–Kier alpha value is -1.87. The fourth-order valence-electron chi connectivity index (χ4n) is 2.24. The smallest absolute Gasteiger partial charge is 0.239 e. The van der Waals surface area contributed by atoms with Gasteiger partial charge in [-0.15, -0.1) is 34.4 Å². The number of benzene rings is 1. The van der Waals surface area contributed by atoms with Gasteiger partial charge in [-0.1, -0.05) is 11.6 Å². The van der Waals surface area contributed by atoms with E-state index in [1.807, 2.05) is 48.7 Å². The predicted octanol–water partition coefficient (Wildman–Crippen LogP) is 5.28. The Morgan fingerprint density at radius 3 is 2.68 bits per heavy atom. The summed E-state index contributed by atoms with van der Waals surface area (Å²) in [7, 11) is 0. The van der Waals surface area contributed by atoms with E-state index in [0.29, 0.717) is 16.7 Å². The van der Waals surface area contributed by atoms with E-state index in [2.05, 4.69) is 15.6 Å². The molecule has 0 aliphatic carbocycles. The summed E-state index contributed by atoms with van der Waals surface area (Å²) < 4.78 is 0. The number of rotatable bonds is 7. The van der Waals surface area contributed by atoms with Crippen LogP contribution < -0.4 is 10.6 Å². The van der Waals surface area contributed by atoms with E-state index in [1.165, 1.54) is 30.0 Å². The molecule has 2 heterocycles. The number of thiazole rings is 1. The highest BCUT2D eigenvalue weighted by Crippen LogP contribution is 2.31. The lowest BCUT2D eigenvalue weighted by Crippen LogP contribution is -2.22. The van der Waals surface area contributed by atoms with Crippen LogP contribution in [0.25, 0.3) is 10.6 Å². The van der Waals surface area contributed by atoms with Crippen LogP contribution in [0.3, 0.4) is 0 Å². The van der Waals surface area contributed by atoms with Gasteiger partial charge in [0.1, 0.15) is 0 Å². The zero-order valence-corrected chi connectivity index (χ0v) is 18.4. The molecule has 3 rings (SSSR count). The number of carbonyl (C=O) groups is 2. The monoisotopic (exact) mass is 451 g/mol. The zero-order chi connectivity index (χ0) is 20.1. The zero-order valence-electron chi connectivity index (χ0n) is 15.2. The lowest BCUT2D eigenvalue weighted by molar-refractivity contribution is -0.119. The molecule has 0 radical (unpaired) electrons. The van der Waals surface area contributed by atoms with Crippen molar-refractivity contribution >= 4 is 63.0 Å². The molecule has 0 saturated carbocycles. The third-order valence-electron chi connectivity index (χ3n) is 3.66. The molecule has 2 aromatic heterocycles. The van der Waals surface area contributed by atoms with Crippen LogP contribution in [0, 0.1) is 0 Å². The second kappa shape index (κ2) is 9.56. The first-order valence-electron chi connectivity index (χ1n) is 8.43. The number of aromatic nitrogens is 1. The summed E-state index contributed by atoms with van der Waals surface area (Å²) in [5.41, 5.74) is 0.817. The summed E-state index contributed by atoms with van der Waals surface area (Å²) in [5, 5.41) is 8.55. The molecule has 0 saturated heterocycles. The number of hydrogen-bond acceptors (Lipinski definition) is 6. The van der Waals surface area contributed by atoms with Crippen molar-refractivity contribution in [2.45, 2.75) is 30.5 Å². The summed E-state index contributed by atoms with van der Waals surface area (Å²) in [4.78, 5) is 31.0. The van der Waals surface area contributed by atoms with Crippen molar-refractivity contribution in [2.75, 3.05) is 5.32 Å². The van der Waals surface area contributed by atoms with Gasteiger partial charge in [-0.3, -0.25) is 9.59 Å². The van der Waals surface area contributed by atoms with Gasteiger partial charge >= 0.3 is 0 Å². The minimum atomic E-state index is -0.264. The highest BCUT2D eigenvalue weighted by Gasteiger charge is 2.17. The van der Waals surface area contributed by atoms with E-state index in [-0.39, 0.29) is 17.1 Å². The van der Waals surface area contributed by atoms with Gasteiger partial charge in [0.15, 0.2) is 5.13 Å². The molecule has 0 aliphatic heterocycles. The first-order chi connectivity index (χ1) is 13.4. The van der Waals surface area contributed by atoms with Gasteiger partial charge in [-0.2, -0.15) is 0 Å². The van der Waals surface area contributed by atoms with Gasteiger partial charge in [0.25, 0.3) is 0 Å². The van der Waals surface area contributed by atoms with E-state index >= 15 is 0 Å². The van der Waals surface area contributed by atoms with Gasteiger partial charge in [-0.25, -0.2) is 4.98 Å². The average Bonchev–Trinajstić information content (AvgIpc) is 3.31. The molecule has 28 heavy (non-hydrogen) atoms. The molecule has 1 atom stereocenters. The van der Waals surface area contributed by atoms with Crippen molar-refractivity contribution in [2.24, 2.45) is 0 Å². The number of halogens is 1. The number of thiophene rings is 1. The van der Waals surface area contributed by atoms with Crippen molar-refractivity contribution in [3.63, 3.8) is 0 Å². The van der Waals surface area contributed by atoms with E-state index in [0.717, 1.165) is 20.3 Å². The third-order valence-corrected chi connectivity index (χ3v) is 6.89. The lowest BCUT2D eigenvalue weighted by Gasteiger charge is -2.10. The molecule has 2 amide bonds. The van der Waals surface area contributed by atoms with Crippen LogP contribution in [0.15, 0.2) is 46.7 Å². The Bertz CT molecular complexity index is 969. The molecule has 0 bridgehead atoms. The number of thioether (sulfide) groups is 1. The number of anilines is 1. The normalized spacial score (nSPS) is 11.8. The topological polar surface area (TPSA) is 71.1 Å². The molecular weight excluding hydrogens is 434 g/mol. The van der Waals surface area contributed by atoms with Crippen molar-refractivity contribution in [1.82, 2.24) is 10.3 Å². The molecule has 1 aromatic carbocycles. The van der Waals surface area contributed by atoms with Crippen molar-refractivity contribution in [1.29, 1.82) is 0 Å². The molecule has 5 nitrogen and oxygen atoms in total. The molecule has 2 N–H and O–H groups in total. The number of nitrogens with one attached hydrogen (secondary N) is 2. The molecule has 9 heteroatoms. The SMILES string of the molecule is CC(=O)NCc1ccc(-c2csc(NC(=O)C(C)Sc3ccc(Cl)cc3)n2)s1. The van der Waals surface area contributed by atoms with Gasteiger partial charge < -0.3 is 10.6 Å². The first-order valence-corrected chi connectivity index (χ1v) is 11.4. The maximum Gasteiger partial charge on any atom is 0.239 e. The molecular formula is C19H18ClN3O2S3. The highest BCUT2D eigenvalue weighted by atomic mass is 35.5. The van der Waals surface area contributed by atoms with E-state index < -0.39 is 0 Å². The number of hydrogen-bond donors (Lipinski definition) is 2. The Kier molecular flexibility index (Phi) is 7.12. The van der Waals surface area contributed by atoms with Crippen molar-refractivity contribution < 1.29 is 9.59 Å². The lowest BCUT2D eigenvalue weighted by atomic mass is 10.3. The molecule has 0 aliphatic rings. The van der Waals surface area contributed by atoms with Gasteiger partial charge in [0.2, 0.25) is 11.8 Å². The Labute approximate surface area is 180 Å². The summed E-state index contributed by atoms with van der Waals surface area (Å²) in [6.07, 6.45) is 0. The Morgan fingerprint density at radius 1 is 1.21 bits per heavy atom. The predicted molar refractivity (Wildman–Crippen MR) is 118 cm³/mol. The van der Waals surface area contributed by atoms with Crippen molar-refractivity contribution in [3.05, 3.63) is 51.7 Å². The largest absolute Gasteiger partial charge is 0.351 e. The fourth-order valence-corrected chi connectivity index (χ4v) is 4.93. The summed E-state index contributed by atoms with van der Waals surface area (Å²) in [5.74, 6) is -0.155. The van der Waals surface area contributed by atoms with Crippen LogP contribution in [0.4, 0.5) is 5.13 Å². The number of amides is 2. The second-order valence-electron chi connectivity index (χ2n) is 5.92. The van der Waals surface area contributed by atoms with Crippen molar-refractivity contribution in [3.8, 4) is 10.6 Å². The van der Waals surface area contributed by atoms with Gasteiger partial charge in [-0.05, 0) is 43.3 Å². The number of nitrogens with zero attached hydrogens (tertiary/aromatic N) is 1. The van der Waals surface area contributed by atoms with Gasteiger partial charge in [0.05, 0.1) is 22.4 Å². The van der Waals surface area contributed by atoms with Crippen LogP contribution in [0.5, 0.6) is 0 Å².